The van der Waals surface area contributed by atoms with E-state index < -0.39 is 0 Å². The van der Waals surface area contributed by atoms with E-state index in [4.69, 9.17) is 39.5 Å². The molecule has 6 heteroatoms. The molecule has 0 saturated heterocycles. The molecule has 0 N–H and O–H groups in total. The van der Waals surface area contributed by atoms with Gasteiger partial charge in [0, 0.05) is 5.69 Å². The predicted octanol–water partition coefficient (Wildman–Crippen LogP) is 5.10. The Morgan fingerprint density at radius 3 is 2.53 bits per heavy atom. The summed E-state index contributed by atoms with van der Waals surface area (Å²) < 4.78 is 5.67. The summed E-state index contributed by atoms with van der Waals surface area (Å²) >= 11 is 17.7. The normalized spacial score (nSPS) is 10.6. The summed E-state index contributed by atoms with van der Waals surface area (Å²) in [5.41, 5.74) is 1.77. The number of nitrogens with zero attached hydrogens (tertiary/aromatic N) is 2. The van der Waals surface area contributed by atoms with Gasteiger partial charge in [0.1, 0.15) is 5.02 Å². The van der Waals surface area contributed by atoms with Crippen molar-refractivity contribution in [3.63, 3.8) is 0 Å². The zero-order chi connectivity index (χ0) is 14.0. The summed E-state index contributed by atoms with van der Waals surface area (Å²) in [6.07, 6.45) is 0.746. The molecule has 0 amide bonds. The number of hydrogen-bond acceptors (Lipinski definition) is 3. The highest BCUT2D eigenvalue weighted by molar-refractivity contribution is 6.42. The largest absolute Gasteiger partial charge is 0.436 e. The van der Waals surface area contributed by atoms with Crippen LogP contribution in [0.5, 0.6) is 11.6 Å². The Balaban J connectivity index is 2.39. The highest BCUT2D eigenvalue weighted by Crippen LogP contribution is 2.34. The van der Waals surface area contributed by atoms with Gasteiger partial charge in [0.05, 0.1) is 10.7 Å². The van der Waals surface area contributed by atoms with E-state index >= 15 is 0 Å². The zero-order valence-corrected chi connectivity index (χ0v) is 12.6. The van der Waals surface area contributed by atoms with Gasteiger partial charge in [-0.05, 0) is 31.5 Å². The van der Waals surface area contributed by atoms with Crippen molar-refractivity contribution in [2.75, 3.05) is 0 Å². The van der Waals surface area contributed by atoms with E-state index in [1.165, 1.54) is 6.07 Å². The van der Waals surface area contributed by atoms with Crippen LogP contribution in [0.2, 0.25) is 15.2 Å². The summed E-state index contributed by atoms with van der Waals surface area (Å²) in [5, 5.41) is 0.743. The van der Waals surface area contributed by atoms with Crippen molar-refractivity contribution < 1.29 is 4.74 Å². The number of aryl methyl sites for hydroxylation is 2. The van der Waals surface area contributed by atoms with Crippen LogP contribution in [0.4, 0.5) is 0 Å². The molecule has 0 aliphatic rings. The van der Waals surface area contributed by atoms with Gasteiger partial charge in [-0.3, -0.25) is 4.98 Å². The van der Waals surface area contributed by atoms with E-state index in [9.17, 15) is 0 Å². The summed E-state index contributed by atoms with van der Waals surface area (Å²) in [6.45, 7) is 3.92. The molecule has 100 valence electrons. The first kappa shape index (κ1) is 14.4. The van der Waals surface area contributed by atoms with E-state index in [1.807, 2.05) is 26.0 Å². The summed E-state index contributed by atoms with van der Waals surface area (Å²) in [7, 11) is 0. The molecular weight excluding hydrogens is 307 g/mol. The number of aromatic nitrogens is 2. The van der Waals surface area contributed by atoms with Gasteiger partial charge in [0.15, 0.2) is 10.9 Å². The number of pyridine rings is 2. The predicted molar refractivity (Wildman–Crippen MR) is 77.7 cm³/mol. The van der Waals surface area contributed by atoms with Gasteiger partial charge in [-0.15, -0.1) is 0 Å². The molecule has 0 radical (unpaired) electrons. The van der Waals surface area contributed by atoms with Crippen LogP contribution in [0.3, 0.4) is 0 Å². The summed E-state index contributed by atoms with van der Waals surface area (Å²) in [4.78, 5) is 8.42. The molecule has 0 atom stereocenters. The van der Waals surface area contributed by atoms with Gasteiger partial charge in [-0.2, -0.15) is 4.98 Å². The molecule has 0 fully saturated rings. The highest BCUT2D eigenvalue weighted by atomic mass is 35.5. The Morgan fingerprint density at radius 2 is 1.84 bits per heavy atom. The Morgan fingerprint density at radius 1 is 1.11 bits per heavy atom. The molecule has 0 aromatic carbocycles. The third-order valence-electron chi connectivity index (χ3n) is 2.47. The van der Waals surface area contributed by atoms with Crippen LogP contribution in [0, 0.1) is 6.92 Å². The number of halogens is 3. The Bertz CT molecular complexity index is 617. The maximum Gasteiger partial charge on any atom is 0.239 e. The van der Waals surface area contributed by atoms with Crippen LogP contribution in [-0.4, -0.2) is 9.97 Å². The maximum atomic E-state index is 6.03. The second-order valence-electron chi connectivity index (χ2n) is 3.90. The van der Waals surface area contributed by atoms with Gasteiger partial charge in [0.25, 0.3) is 0 Å². The molecule has 0 bridgehead atoms. The van der Waals surface area contributed by atoms with Crippen molar-refractivity contribution in [3.05, 3.63) is 44.8 Å². The fourth-order valence-electron chi connectivity index (χ4n) is 1.55. The standard InChI is InChI=1S/C13H11Cl3N2O/c1-3-10-11(5-4-7(2)17-10)19-13-9(15)6-8(14)12(16)18-13/h4-6H,3H2,1-2H3. The molecule has 0 aliphatic carbocycles. The Kier molecular flexibility index (Phi) is 4.50. The van der Waals surface area contributed by atoms with Crippen molar-refractivity contribution in [2.24, 2.45) is 0 Å². The lowest BCUT2D eigenvalue weighted by molar-refractivity contribution is 0.454. The van der Waals surface area contributed by atoms with E-state index in [1.54, 1.807) is 0 Å². The first-order valence-electron chi connectivity index (χ1n) is 5.67. The monoisotopic (exact) mass is 316 g/mol. The first-order chi connectivity index (χ1) is 9.01. The van der Waals surface area contributed by atoms with Crippen LogP contribution in [-0.2, 0) is 6.42 Å². The molecule has 2 aromatic heterocycles. The molecule has 0 saturated carbocycles. The smallest absolute Gasteiger partial charge is 0.239 e. The van der Waals surface area contributed by atoms with Crippen molar-refractivity contribution in [3.8, 4) is 11.6 Å². The topological polar surface area (TPSA) is 35.0 Å². The molecule has 19 heavy (non-hydrogen) atoms. The van der Waals surface area contributed by atoms with Gasteiger partial charge in [-0.25, -0.2) is 0 Å². The fraction of sp³-hybridized carbons (Fsp3) is 0.231. The van der Waals surface area contributed by atoms with Crippen LogP contribution >= 0.6 is 34.8 Å². The molecule has 0 spiro atoms. The van der Waals surface area contributed by atoms with E-state index in [-0.39, 0.29) is 16.1 Å². The minimum absolute atomic E-state index is 0.152. The second-order valence-corrected chi connectivity index (χ2v) is 5.07. The Labute approximate surface area is 126 Å². The summed E-state index contributed by atoms with van der Waals surface area (Å²) in [6, 6.07) is 5.20. The van der Waals surface area contributed by atoms with Gasteiger partial charge in [0.2, 0.25) is 5.88 Å². The molecule has 0 aliphatic heterocycles. The number of rotatable bonds is 3. The lowest BCUT2D eigenvalue weighted by Gasteiger charge is -2.11. The van der Waals surface area contributed by atoms with E-state index in [2.05, 4.69) is 9.97 Å². The molecule has 2 heterocycles. The van der Waals surface area contributed by atoms with Crippen molar-refractivity contribution in [1.29, 1.82) is 0 Å². The van der Waals surface area contributed by atoms with E-state index in [0.29, 0.717) is 10.8 Å². The van der Waals surface area contributed by atoms with E-state index in [0.717, 1.165) is 17.8 Å². The van der Waals surface area contributed by atoms with Crippen LogP contribution in [0.15, 0.2) is 18.2 Å². The van der Waals surface area contributed by atoms with Crippen molar-refractivity contribution >= 4 is 34.8 Å². The van der Waals surface area contributed by atoms with Crippen LogP contribution in [0.1, 0.15) is 18.3 Å². The maximum absolute atomic E-state index is 6.03. The lowest BCUT2D eigenvalue weighted by atomic mass is 10.2. The Hall–Kier alpha value is -1.03. The summed E-state index contributed by atoms with van der Waals surface area (Å²) in [5.74, 6) is 0.831. The first-order valence-corrected chi connectivity index (χ1v) is 6.80. The molecule has 2 rings (SSSR count). The quantitative estimate of drug-likeness (QED) is 0.739. The number of ether oxygens (including phenoxy) is 1. The fourth-order valence-corrected chi connectivity index (χ4v) is 2.08. The second kappa shape index (κ2) is 5.95. The molecular formula is C13H11Cl3N2O. The van der Waals surface area contributed by atoms with Crippen molar-refractivity contribution in [2.45, 2.75) is 20.3 Å². The number of hydrogen-bond donors (Lipinski definition) is 0. The van der Waals surface area contributed by atoms with Crippen LogP contribution in [0.25, 0.3) is 0 Å². The van der Waals surface area contributed by atoms with Gasteiger partial charge < -0.3 is 4.74 Å². The zero-order valence-electron chi connectivity index (χ0n) is 10.4. The van der Waals surface area contributed by atoms with Crippen LogP contribution < -0.4 is 4.74 Å². The highest BCUT2D eigenvalue weighted by Gasteiger charge is 2.12. The lowest BCUT2D eigenvalue weighted by Crippen LogP contribution is -1.97. The van der Waals surface area contributed by atoms with Gasteiger partial charge >= 0.3 is 0 Å². The third-order valence-corrected chi connectivity index (χ3v) is 3.41. The third kappa shape index (κ3) is 3.30. The van der Waals surface area contributed by atoms with Gasteiger partial charge in [-0.1, -0.05) is 41.7 Å². The SMILES string of the molecule is CCc1nc(C)ccc1Oc1nc(Cl)c(Cl)cc1Cl. The average molecular weight is 318 g/mol. The van der Waals surface area contributed by atoms with Crippen molar-refractivity contribution in [1.82, 2.24) is 9.97 Å². The molecule has 3 nitrogen and oxygen atoms in total. The molecule has 0 unspecified atom stereocenters. The molecule has 2 aromatic rings. The minimum Gasteiger partial charge on any atom is -0.436 e. The minimum atomic E-state index is 0.152. The average Bonchev–Trinajstić information content (AvgIpc) is 2.37.